The van der Waals surface area contributed by atoms with E-state index in [4.69, 9.17) is 0 Å². The van der Waals surface area contributed by atoms with Crippen LogP contribution in [0.2, 0.25) is 0 Å². The lowest BCUT2D eigenvalue weighted by molar-refractivity contribution is 0.483. The quantitative estimate of drug-likeness (QED) is 0.224. The zero-order valence-electron chi connectivity index (χ0n) is 26.6. The van der Waals surface area contributed by atoms with Crippen molar-refractivity contribution in [2.75, 3.05) is 19.0 Å². The normalized spacial score (nSPS) is 26.9. The van der Waals surface area contributed by atoms with E-state index < -0.39 is 0 Å². The zero-order valence-corrected chi connectivity index (χ0v) is 30.1. The molecule has 2 saturated carbocycles. The van der Waals surface area contributed by atoms with Crippen molar-refractivity contribution in [1.82, 2.24) is 0 Å². The third-order valence-corrected chi connectivity index (χ3v) is 25.3. The molecule has 0 spiro atoms. The molecule has 2 unspecified atom stereocenters. The van der Waals surface area contributed by atoms with Crippen LogP contribution in [0.4, 0.5) is 0 Å². The van der Waals surface area contributed by atoms with Crippen LogP contribution in [0.3, 0.4) is 0 Å². The summed E-state index contributed by atoms with van der Waals surface area (Å²) in [5.74, 6) is 0. The fraction of sp³-hybridized carbons (Fsp3) is 0.538. The van der Waals surface area contributed by atoms with Crippen molar-refractivity contribution >= 4 is 47.6 Å². The van der Waals surface area contributed by atoms with Gasteiger partial charge in [0, 0.05) is 5.40 Å². The summed E-state index contributed by atoms with van der Waals surface area (Å²) < 4.78 is 0. The molecule has 0 amide bonds. The van der Waals surface area contributed by atoms with Crippen LogP contribution in [-0.2, 0) is 0 Å². The molecule has 0 aromatic heterocycles. The fourth-order valence-electron chi connectivity index (χ4n) is 8.42. The van der Waals surface area contributed by atoms with E-state index in [-0.39, 0.29) is 15.8 Å². The van der Waals surface area contributed by atoms with Gasteiger partial charge < -0.3 is 0 Å². The molecule has 4 atom stereocenters. The van der Waals surface area contributed by atoms with E-state index in [1.807, 2.05) is 0 Å². The van der Waals surface area contributed by atoms with E-state index in [0.29, 0.717) is 15.8 Å². The first-order valence-electron chi connectivity index (χ1n) is 17.5. The molecule has 0 N–H and O–H groups in total. The first-order chi connectivity index (χ1) is 21.3. The molecule has 2 heterocycles. The van der Waals surface area contributed by atoms with Crippen molar-refractivity contribution in [2.24, 2.45) is 0 Å². The Morgan fingerprint density at radius 2 is 0.953 bits per heavy atom. The van der Waals surface area contributed by atoms with Gasteiger partial charge in [0.05, 0.1) is 0 Å². The summed E-state index contributed by atoms with van der Waals surface area (Å²) in [7, 11) is 0.455. The molecule has 4 aliphatic rings. The summed E-state index contributed by atoms with van der Waals surface area (Å²) in [6.07, 6.45) is 24.7. The molecule has 7 rings (SSSR count). The second-order valence-corrected chi connectivity index (χ2v) is 24.6. The Hall–Kier alpha value is -0.620. The number of hydrogen-bond acceptors (Lipinski definition) is 0. The average molecular weight is 647 g/mol. The molecule has 4 fully saturated rings. The van der Waals surface area contributed by atoms with E-state index in [2.05, 4.69) is 97.7 Å². The molecule has 3 aromatic carbocycles. The minimum absolute atomic E-state index is 0.0615. The van der Waals surface area contributed by atoms with Crippen molar-refractivity contribution in [1.29, 1.82) is 0 Å². The molecular formula is C39H54P4. The summed E-state index contributed by atoms with van der Waals surface area (Å²) in [4.78, 5) is 0. The van der Waals surface area contributed by atoms with Crippen molar-refractivity contribution in [3.8, 4) is 0 Å². The average Bonchev–Trinajstić information content (AvgIpc) is 3.74. The third-order valence-electron chi connectivity index (χ3n) is 10.5. The lowest BCUT2D eigenvalue weighted by atomic mass is 9.99. The molecule has 2 aliphatic carbocycles. The van der Waals surface area contributed by atoms with Gasteiger partial charge in [-0.1, -0.05) is 145 Å². The van der Waals surface area contributed by atoms with Gasteiger partial charge in [-0.25, -0.2) is 0 Å². The first kappa shape index (κ1) is 32.3. The smallest absolute Gasteiger partial charge is 0.0115 e. The SMILES string of the molecule is CP1CCC[C@@H]1P(C1CCCCC1)C1CCCCC1.c1ccc(P2CCC[C@@H]2P(c2ccccc2)c2ccccc2)cc1. The van der Waals surface area contributed by atoms with Crippen LogP contribution in [0.15, 0.2) is 91.0 Å². The lowest BCUT2D eigenvalue weighted by Gasteiger charge is -2.43. The van der Waals surface area contributed by atoms with Gasteiger partial charge in [-0.15, -0.1) is 7.92 Å². The first-order valence-corrected chi connectivity index (χ1v) is 24.1. The van der Waals surface area contributed by atoms with Gasteiger partial charge in [0.15, 0.2) is 0 Å². The lowest BCUT2D eigenvalue weighted by Crippen LogP contribution is -2.25. The van der Waals surface area contributed by atoms with Crippen molar-refractivity contribution < 1.29 is 0 Å². The molecule has 2 saturated heterocycles. The molecule has 2 aliphatic heterocycles. The Bertz CT molecular complexity index is 1130. The molecule has 4 heteroatoms. The predicted octanol–water partition coefficient (Wildman–Crippen LogP) is 11.4. The van der Waals surface area contributed by atoms with Gasteiger partial charge in [0.25, 0.3) is 0 Å². The molecule has 0 nitrogen and oxygen atoms in total. The number of benzene rings is 3. The van der Waals surface area contributed by atoms with Crippen molar-refractivity contribution in [3.05, 3.63) is 91.0 Å². The van der Waals surface area contributed by atoms with E-state index in [9.17, 15) is 0 Å². The van der Waals surface area contributed by atoms with Gasteiger partial charge in [-0.2, -0.15) is 0 Å². The molecule has 0 bridgehead atoms. The van der Waals surface area contributed by atoms with E-state index in [1.165, 1.54) is 59.2 Å². The van der Waals surface area contributed by atoms with E-state index in [1.54, 1.807) is 75.7 Å². The molecule has 230 valence electrons. The van der Waals surface area contributed by atoms with Crippen LogP contribution in [0.5, 0.6) is 0 Å². The van der Waals surface area contributed by atoms with Gasteiger partial charge in [-0.05, 0) is 111 Å². The van der Waals surface area contributed by atoms with Crippen LogP contribution in [0, 0.1) is 0 Å². The van der Waals surface area contributed by atoms with Crippen LogP contribution in [0.25, 0.3) is 0 Å². The molecular weight excluding hydrogens is 592 g/mol. The topological polar surface area (TPSA) is 0 Å². The fourth-order valence-corrected chi connectivity index (χ4v) is 24.8. The maximum Gasteiger partial charge on any atom is 0.0115 e. The summed E-state index contributed by atoms with van der Waals surface area (Å²) in [6, 6.07) is 33.7. The highest BCUT2D eigenvalue weighted by molar-refractivity contribution is 7.86. The van der Waals surface area contributed by atoms with Crippen LogP contribution in [-0.4, -0.2) is 41.1 Å². The second-order valence-electron chi connectivity index (χ2n) is 13.3. The van der Waals surface area contributed by atoms with Gasteiger partial charge in [-0.3, -0.25) is 0 Å². The summed E-state index contributed by atoms with van der Waals surface area (Å²) in [5, 5.41) is 6.70. The summed E-state index contributed by atoms with van der Waals surface area (Å²) >= 11 is 0. The number of rotatable bonds is 7. The number of hydrogen-bond donors (Lipinski definition) is 0. The van der Waals surface area contributed by atoms with Crippen LogP contribution in [0.1, 0.15) is 89.9 Å². The third kappa shape index (κ3) is 8.40. The van der Waals surface area contributed by atoms with Gasteiger partial charge in [0.1, 0.15) is 0 Å². The van der Waals surface area contributed by atoms with Gasteiger partial charge in [0.2, 0.25) is 0 Å². The van der Waals surface area contributed by atoms with E-state index >= 15 is 0 Å². The Kier molecular flexibility index (Phi) is 12.6. The molecule has 43 heavy (non-hydrogen) atoms. The van der Waals surface area contributed by atoms with E-state index in [0.717, 1.165) is 5.40 Å². The minimum Gasteiger partial charge on any atom is -0.102 e. The zero-order chi connectivity index (χ0) is 29.3. The van der Waals surface area contributed by atoms with Crippen molar-refractivity contribution in [3.63, 3.8) is 0 Å². The Morgan fingerprint density at radius 1 is 0.488 bits per heavy atom. The van der Waals surface area contributed by atoms with Crippen LogP contribution < -0.4 is 15.9 Å². The Morgan fingerprint density at radius 3 is 1.44 bits per heavy atom. The largest absolute Gasteiger partial charge is 0.102 e. The van der Waals surface area contributed by atoms with Gasteiger partial charge >= 0.3 is 0 Å². The highest BCUT2D eigenvalue weighted by Gasteiger charge is 2.40. The molecule has 3 aromatic rings. The molecule has 0 radical (unpaired) electrons. The standard InChI is InChI=1S/C22H22P2.C17H32P2/c1-4-11-19(12-5-1)23-18-10-17-22(23)24(20-13-6-2-7-14-20)21-15-8-3-9-16-21;1-18-14-8-13-17(18)19(15-9-4-2-5-10-15)16-11-6-3-7-12-16/h1-9,11-16,22H,10,17-18H2;15-17H,2-14H2,1H3/t22-,23?;17-,18?/m00/s1. The highest BCUT2D eigenvalue weighted by atomic mass is 31.2. The second kappa shape index (κ2) is 16.8. The monoisotopic (exact) mass is 646 g/mol. The predicted molar refractivity (Wildman–Crippen MR) is 201 cm³/mol. The Labute approximate surface area is 268 Å². The van der Waals surface area contributed by atoms with Crippen LogP contribution >= 0.6 is 31.7 Å². The Balaban J connectivity index is 0.000000157. The maximum absolute atomic E-state index is 2.65. The summed E-state index contributed by atoms with van der Waals surface area (Å²) in [6.45, 7) is 2.65. The van der Waals surface area contributed by atoms with Crippen molar-refractivity contribution in [2.45, 2.75) is 112 Å². The summed E-state index contributed by atoms with van der Waals surface area (Å²) in [5.41, 5.74) is 2.39. The maximum atomic E-state index is 2.65. The minimum atomic E-state index is -0.286. The highest BCUT2D eigenvalue weighted by Crippen LogP contribution is 2.70.